The maximum Gasteiger partial charge on any atom is 0.295 e. The number of nitrogens with one attached hydrogen (secondary N) is 1. The molecule has 11 heteroatoms. The third-order valence-electron chi connectivity index (χ3n) is 7.73. The van der Waals surface area contributed by atoms with Crippen LogP contribution in [0.4, 0.5) is 11.4 Å². The van der Waals surface area contributed by atoms with Gasteiger partial charge in [-0.15, -0.1) is 0 Å². The molecule has 2 aliphatic rings. The minimum absolute atomic E-state index is 0.197. The highest BCUT2D eigenvalue weighted by molar-refractivity contribution is 7.86. The predicted molar refractivity (Wildman–Crippen MR) is 180 cm³/mol. The Kier molecular flexibility index (Phi) is 8.80. The Morgan fingerprint density at radius 3 is 2.11 bits per heavy atom. The molecule has 1 heterocycles. The maximum absolute atomic E-state index is 12.5. The maximum atomic E-state index is 12.5. The highest BCUT2D eigenvalue weighted by Gasteiger charge is 2.24. The second-order valence-electron chi connectivity index (χ2n) is 11.3. The van der Waals surface area contributed by atoms with Crippen LogP contribution < -0.4 is 10.7 Å². The van der Waals surface area contributed by atoms with Gasteiger partial charge in [0, 0.05) is 45.6 Å². The molecule has 0 unspecified atom stereocenters. The van der Waals surface area contributed by atoms with Crippen LogP contribution in [-0.4, -0.2) is 25.9 Å². The quantitative estimate of drug-likeness (QED) is 0.0901. The molecule has 0 radical (unpaired) electrons. The van der Waals surface area contributed by atoms with E-state index in [0.29, 0.717) is 61.3 Å². The van der Waals surface area contributed by atoms with Crippen LogP contribution in [0.15, 0.2) is 115 Å². The van der Waals surface area contributed by atoms with E-state index in [9.17, 15) is 25.9 Å². The summed E-state index contributed by atoms with van der Waals surface area (Å²) in [6, 6.07) is 19.8. The molecule has 0 saturated heterocycles. The van der Waals surface area contributed by atoms with Gasteiger partial charge in [0.1, 0.15) is 16.2 Å². The highest BCUT2D eigenvalue weighted by atomic mass is 32.2. The fraction of sp³-hybridized carbons (Fsp3) is 0.171. The van der Waals surface area contributed by atoms with Crippen molar-refractivity contribution in [3.05, 3.63) is 112 Å². The Bertz CT molecular complexity index is 2320. The smallest absolute Gasteiger partial charge is 0.295 e. The monoisotopic (exact) mass is 658 g/mol. The molecule has 3 N–H and O–H groups in total. The van der Waals surface area contributed by atoms with Crippen LogP contribution in [0.1, 0.15) is 38.8 Å². The highest BCUT2D eigenvalue weighted by Crippen LogP contribution is 2.43. The Morgan fingerprint density at radius 2 is 1.50 bits per heavy atom. The molecule has 0 bridgehead atoms. The number of anilines is 2. The fourth-order valence-electron chi connectivity index (χ4n) is 5.49. The summed E-state index contributed by atoms with van der Waals surface area (Å²) in [7, 11) is -8.94. The van der Waals surface area contributed by atoms with Gasteiger partial charge in [0.25, 0.3) is 20.2 Å². The van der Waals surface area contributed by atoms with E-state index < -0.39 is 20.2 Å². The number of fused-ring (bicyclic) bond motifs is 2. The molecular formula is C35H34N2O7S2. The first-order valence-electron chi connectivity index (χ1n) is 14.4. The van der Waals surface area contributed by atoms with Gasteiger partial charge in [-0.05, 0) is 101 Å². The van der Waals surface area contributed by atoms with Gasteiger partial charge in [0.05, 0.1) is 15.9 Å². The zero-order chi connectivity index (χ0) is 33.6. The SMILES string of the molecule is C/C=C(/C)C(N=c1ccc2c(-c3ccccc3S(=O)(=O)O)c3ccc(Nc4c(C)cc(S(=O)(=O)O)cc4C)cc3oc-2c1)=C(C)C. The first-order valence-corrected chi connectivity index (χ1v) is 17.2. The summed E-state index contributed by atoms with van der Waals surface area (Å²) >= 11 is 0. The first kappa shape index (κ1) is 32.8. The lowest BCUT2D eigenvalue weighted by molar-refractivity contribution is 0.481. The summed E-state index contributed by atoms with van der Waals surface area (Å²) in [4.78, 5) is 4.45. The van der Waals surface area contributed by atoms with Crippen LogP contribution in [0.3, 0.4) is 0 Å². The number of hydrogen-bond donors (Lipinski definition) is 3. The molecule has 238 valence electrons. The van der Waals surface area contributed by atoms with Gasteiger partial charge in [0.15, 0.2) is 0 Å². The Hall–Kier alpha value is -4.55. The van der Waals surface area contributed by atoms with Crippen LogP contribution in [0.5, 0.6) is 0 Å². The molecule has 1 aliphatic heterocycles. The molecule has 0 spiro atoms. The minimum atomic E-state index is -4.57. The summed E-state index contributed by atoms with van der Waals surface area (Å²) in [5.74, 6) is 0.446. The third-order valence-corrected chi connectivity index (χ3v) is 9.48. The summed E-state index contributed by atoms with van der Waals surface area (Å²) in [5, 5.41) is 4.56. The zero-order valence-electron chi connectivity index (χ0n) is 26.2. The van der Waals surface area contributed by atoms with Gasteiger partial charge in [-0.2, -0.15) is 16.8 Å². The number of rotatable bonds is 7. The van der Waals surface area contributed by atoms with Gasteiger partial charge < -0.3 is 9.73 Å². The average Bonchev–Trinajstić information content (AvgIpc) is 2.98. The number of aryl methyl sites for hydroxylation is 2. The molecule has 0 saturated carbocycles. The van der Waals surface area contributed by atoms with Gasteiger partial charge >= 0.3 is 0 Å². The molecule has 0 fully saturated rings. The lowest BCUT2D eigenvalue weighted by atomic mass is 9.93. The number of benzene rings is 4. The van der Waals surface area contributed by atoms with E-state index in [1.54, 1.807) is 56.3 Å². The van der Waals surface area contributed by atoms with Crippen molar-refractivity contribution in [1.29, 1.82) is 0 Å². The fourth-order valence-corrected chi connectivity index (χ4v) is 6.84. The van der Waals surface area contributed by atoms with Crippen LogP contribution in [0.2, 0.25) is 0 Å². The molecule has 1 aliphatic carbocycles. The van der Waals surface area contributed by atoms with Crippen molar-refractivity contribution in [3.63, 3.8) is 0 Å². The normalized spacial score (nSPS) is 13.0. The summed E-state index contributed by atoms with van der Waals surface area (Å²) in [5.41, 5.74) is 7.28. The van der Waals surface area contributed by atoms with E-state index in [2.05, 4.69) is 5.32 Å². The van der Waals surface area contributed by atoms with Crippen molar-refractivity contribution in [3.8, 4) is 22.5 Å². The Labute approximate surface area is 268 Å². The van der Waals surface area contributed by atoms with Crippen molar-refractivity contribution in [2.75, 3.05) is 5.32 Å². The molecule has 3 aromatic rings. The van der Waals surface area contributed by atoms with Crippen molar-refractivity contribution < 1.29 is 30.4 Å². The molecule has 3 aromatic carbocycles. The van der Waals surface area contributed by atoms with E-state index in [4.69, 9.17) is 9.41 Å². The summed E-state index contributed by atoms with van der Waals surface area (Å²) in [6.45, 7) is 11.4. The van der Waals surface area contributed by atoms with E-state index in [-0.39, 0.29) is 9.79 Å². The molecule has 0 aromatic heterocycles. The van der Waals surface area contributed by atoms with Gasteiger partial charge in [-0.3, -0.25) is 9.11 Å². The number of nitrogens with zero attached hydrogens (tertiary/aromatic N) is 1. The van der Waals surface area contributed by atoms with Crippen molar-refractivity contribution in [2.24, 2.45) is 4.99 Å². The Morgan fingerprint density at radius 1 is 0.826 bits per heavy atom. The van der Waals surface area contributed by atoms with E-state index in [1.165, 1.54) is 18.2 Å². The van der Waals surface area contributed by atoms with E-state index >= 15 is 0 Å². The number of allylic oxidation sites excluding steroid dienone is 3. The summed E-state index contributed by atoms with van der Waals surface area (Å²) < 4.78 is 74.5. The zero-order valence-corrected chi connectivity index (χ0v) is 27.8. The number of hydrogen-bond acceptors (Lipinski definition) is 7. The lowest BCUT2D eigenvalue weighted by Gasteiger charge is -2.19. The second-order valence-corrected chi connectivity index (χ2v) is 14.1. The van der Waals surface area contributed by atoms with Crippen LogP contribution >= 0.6 is 0 Å². The second kappa shape index (κ2) is 12.3. The van der Waals surface area contributed by atoms with Crippen molar-refractivity contribution >= 4 is 42.6 Å². The average molecular weight is 659 g/mol. The third kappa shape index (κ3) is 6.54. The lowest BCUT2D eigenvalue weighted by Crippen LogP contribution is -2.06. The topological polar surface area (TPSA) is 146 Å². The summed E-state index contributed by atoms with van der Waals surface area (Å²) in [6.07, 6.45) is 1.99. The molecule has 0 atom stereocenters. The molecule has 0 amide bonds. The predicted octanol–water partition coefficient (Wildman–Crippen LogP) is 8.22. The van der Waals surface area contributed by atoms with Crippen LogP contribution in [0, 0.1) is 13.8 Å². The molecule has 9 nitrogen and oxygen atoms in total. The van der Waals surface area contributed by atoms with Crippen LogP contribution in [0.25, 0.3) is 33.4 Å². The minimum Gasteiger partial charge on any atom is -0.456 e. The molecule has 5 rings (SSSR count). The van der Waals surface area contributed by atoms with Crippen molar-refractivity contribution in [1.82, 2.24) is 0 Å². The molecular weight excluding hydrogens is 625 g/mol. The van der Waals surface area contributed by atoms with Gasteiger partial charge in [0.2, 0.25) is 0 Å². The van der Waals surface area contributed by atoms with Crippen molar-refractivity contribution in [2.45, 2.75) is 51.3 Å². The Balaban J connectivity index is 1.79. The van der Waals surface area contributed by atoms with E-state index in [0.717, 1.165) is 16.8 Å². The van der Waals surface area contributed by atoms with Crippen LogP contribution in [-0.2, 0) is 20.2 Å². The van der Waals surface area contributed by atoms with Gasteiger partial charge in [-0.1, -0.05) is 29.8 Å². The van der Waals surface area contributed by atoms with E-state index in [1.807, 2.05) is 45.9 Å². The molecule has 46 heavy (non-hydrogen) atoms. The first-order chi connectivity index (χ1) is 21.6. The standard InChI is InChI=1S/C35H34N2O7S2/c1-7-21(4)34(20(2)3)36-24-12-14-27-30(18-24)44-31-19-25(37-35-22(5)16-26(17-23(35)6)45(38,39)40)13-15-28(31)33(27)29-10-8-9-11-32(29)46(41,42)43/h7-19,37H,1-6H3,(H,38,39,40)(H,41,42,43)/b21-7-,36-24?. The van der Waals surface area contributed by atoms with Gasteiger partial charge in [-0.25, -0.2) is 4.99 Å². The largest absolute Gasteiger partial charge is 0.456 e.